The Hall–Kier alpha value is -2.25. The Bertz CT molecular complexity index is 557. The van der Waals surface area contributed by atoms with Crippen LogP contribution in [0.5, 0.6) is 5.88 Å². The van der Waals surface area contributed by atoms with E-state index in [2.05, 4.69) is 20.6 Å². The van der Waals surface area contributed by atoms with E-state index in [0.29, 0.717) is 17.4 Å². The summed E-state index contributed by atoms with van der Waals surface area (Å²) < 4.78 is 4.97. The van der Waals surface area contributed by atoms with Crippen LogP contribution in [0.3, 0.4) is 0 Å². The molecular formula is C12H16N6O. The molecule has 2 aromatic rings. The minimum atomic E-state index is -0.370. The van der Waals surface area contributed by atoms with Gasteiger partial charge in [0.25, 0.3) is 0 Å². The van der Waals surface area contributed by atoms with Gasteiger partial charge in [-0.25, -0.2) is 10.4 Å². The van der Waals surface area contributed by atoms with Gasteiger partial charge < -0.3 is 10.5 Å². The van der Waals surface area contributed by atoms with Crippen molar-refractivity contribution in [1.29, 1.82) is 0 Å². The molecule has 0 saturated carbocycles. The van der Waals surface area contributed by atoms with Gasteiger partial charge in [0.15, 0.2) is 0 Å². The first kappa shape index (κ1) is 13.2. The van der Waals surface area contributed by atoms with Crippen molar-refractivity contribution in [2.24, 2.45) is 5.84 Å². The lowest BCUT2D eigenvalue weighted by Gasteiger charge is -2.17. The summed E-state index contributed by atoms with van der Waals surface area (Å²) in [7, 11) is 1.53. The third kappa shape index (κ3) is 2.78. The van der Waals surface area contributed by atoms with Crippen molar-refractivity contribution in [2.45, 2.75) is 13.0 Å². The highest BCUT2D eigenvalue weighted by Crippen LogP contribution is 2.24. The van der Waals surface area contributed by atoms with Crippen molar-refractivity contribution in [3.63, 3.8) is 0 Å². The molecule has 0 spiro atoms. The lowest BCUT2D eigenvalue weighted by atomic mass is 10.0. The molecule has 2 rings (SSSR count). The lowest BCUT2D eigenvalue weighted by Crippen LogP contribution is -2.30. The number of nitrogen functional groups attached to an aromatic ring is 1. The van der Waals surface area contributed by atoms with E-state index >= 15 is 0 Å². The van der Waals surface area contributed by atoms with Crippen LogP contribution in [0.15, 0.2) is 24.4 Å². The highest BCUT2D eigenvalue weighted by atomic mass is 16.5. The molecule has 0 fully saturated rings. The number of anilines is 1. The summed E-state index contributed by atoms with van der Waals surface area (Å²) in [6.07, 6.45) is 1.70. The van der Waals surface area contributed by atoms with E-state index in [1.165, 1.54) is 7.11 Å². The van der Waals surface area contributed by atoms with Crippen molar-refractivity contribution in [3.8, 4) is 5.88 Å². The Morgan fingerprint density at radius 1 is 1.32 bits per heavy atom. The van der Waals surface area contributed by atoms with Crippen LogP contribution in [0.2, 0.25) is 0 Å². The number of pyridine rings is 1. The molecule has 5 N–H and O–H groups in total. The maximum absolute atomic E-state index is 5.88. The van der Waals surface area contributed by atoms with Crippen LogP contribution in [0.25, 0.3) is 0 Å². The molecule has 2 heterocycles. The van der Waals surface area contributed by atoms with E-state index < -0.39 is 0 Å². The molecule has 0 aliphatic carbocycles. The standard InChI is InChI=1S/C12H16N6O/c1-7-5-8(12(13)15-6-7)11(16-14)9-3-4-10(19-2)18-17-9/h3-6,11,16H,14H2,1-2H3,(H2,13,15). The number of nitrogens with zero attached hydrogens (tertiary/aromatic N) is 3. The summed E-state index contributed by atoms with van der Waals surface area (Å²) in [6, 6.07) is 5.04. The molecule has 2 aromatic heterocycles. The zero-order valence-corrected chi connectivity index (χ0v) is 10.8. The van der Waals surface area contributed by atoms with Crippen molar-refractivity contribution in [2.75, 3.05) is 12.8 Å². The molecule has 0 radical (unpaired) electrons. The van der Waals surface area contributed by atoms with E-state index in [9.17, 15) is 0 Å². The number of aromatic nitrogens is 3. The number of nitrogens with two attached hydrogens (primary N) is 2. The summed E-state index contributed by atoms with van der Waals surface area (Å²) in [6.45, 7) is 1.93. The fraction of sp³-hybridized carbons (Fsp3) is 0.250. The first-order valence-corrected chi connectivity index (χ1v) is 5.71. The lowest BCUT2D eigenvalue weighted by molar-refractivity contribution is 0.390. The largest absolute Gasteiger partial charge is 0.480 e. The molecule has 7 heteroatoms. The first-order valence-electron chi connectivity index (χ1n) is 5.71. The Morgan fingerprint density at radius 2 is 2.11 bits per heavy atom. The number of ether oxygens (including phenoxy) is 1. The Labute approximate surface area is 111 Å². The van der Waals surface area contributed by atoms with Crippen molar-refractivity contribution in [3.05, 3.63) is 41.2 Å². The van der Waals surface area contributed by atoms with Gasteiger partial charge in [0.1, 0.15) is 5.82 Å². The van der Waals surface area contributed by atoms with Gasteiger partial charge in [0.2, 0.25) is 5.88 Å². The predicted molar refractivity (Wildman–Crippen MR) is 71.1 cm³/mol. The van der Waals surface area contributed by atoms with E-state index in [1.807, 2.05) is 13.0 Å². The predicted octanol–water partition coefficient (Wildman–Crippen LogP) is 0.324. The van der Waals surface area contributed by atoms with Crippen molar-refractivity contribution < 1.29 is 4.74 Å². The molecule has 1 atom stereocenters. The number of aryl methyl sites for hydroxylation is 1. The maximum atomic E-state index is 5.88. The van der Waals surface area contributed by atoms with Crippen LogP contribution in [0.4, 0.5) is 5.82 Å². The minimum absolute atomic E-state index is 0.370. The van der Waals surface area contributed by atoms with Crippen LogP contribution < -0.4 is 21.7 Å². The van der Waals surface area contributed by atoms with Gasteiger partial charge in [0.05, 0.1) is 18.8 Å². The minimum Gasteiger partial charge on any atom is -0.480 e. The van der Waals surface area contributed by atoms with E-state index in [0.717, 1.165) is 11.1 Å². The fourth-order valence-electron chi connectivity index (χ4n) is 1.76. The second kappa shape index (κ2) is 5.59. The normalized spacial score (nSPS) is 12.2. The number of rotatable bonds is 4. The Morgan fingerprint density at radius 3 is 2.68 bits per heavy atom. The summed E-state index contributed by atoms with van der Waals surface area (Å²) in [5.41, 5.74) is 11.0. The summed E-state index contributed by atoms with van der Waals surface area (Å²) in [5.74, 6) is 6.44. The SMILES string of the molecule is COc1ccc(C(NN)c2cc(C)cnc2N)nn1. The topological polar surface area (TPSA) is 112 Å². The highest BCUT2D eigenvalue weighted by Gasteiger charge is 2.18. The third-order valence-electron chi connectivity index (χ3n) is 2.73. The summed E-state index contributed by atoms with van der Waals surface area (Å²) >= 11 is 0. The molecule has 0 saturated heterocycles. The molecular weight excluding hydrogens is 244 g/mol. The average molecular weight is 260 g/mol. The van der Waals surface area contributed by atoms with Gasteiger partial charge in [0, 0.05) is 17.8 Å². The molecule has 0 aromatic carbocycles. The van der Waals surface area contributed by atoms with Crippen molar-refractivity contribution in [1.82, 2.24) is 20.6 Å². The average Bonchev–Trinajstić information content (AvgIpc) is 2.44. The third-order valence-corrected chi connectivity index (χ3v) is 2.73. The molecule has 1 unspecified atom stereocenters. The first-order chi connectivity index (χ1) is 9.15. The number of hydrazine groups is 1. The number of nitrogens with one attached hydrogen (secondary N) is 1. The molecule has 0 bridgehead atoms. The molecule has 0 aliphatic rings. The van der Waals surface area contributed by atoms with E-state index in [1.54, 1.807) is 18.3 Å². The second-order valence-electron chi connectivity index (χ2n) is 4.09. The Balaban J connectivity index is 2.40. The van der Waals surface area contributed by atoms with Crippen LogP contribution in [-0.4, -0.2) is 22.3 Å². The Kier molecular flexibility index (Phi) is 3.88. The zero-order chi connectivity index (χ0) is 13.8. The molecule has 0 aliphatic heterocycles. The van der Waals surface area contributed by atoms with Gasteiger partial charge in [-0.05, 0) is 24.6 Å². The number of methoxy groups -OCH3 is 1. The van der Waals surface area contributed by atoms with Crippen molar-refractivity contribution >= 4 is 5.82 Å². The van der Waals surface area contributed by atoms with Gasteiger partial charge in [-0.3, -0.25) is 5.84 Å². The fourth-order valence-corrected chi connectivity index (χ4v) is 1.76. The van der Waals surface area contributed by atoms with E-state index in [-0.39, 0.29) is 6.04 Å². The van der Waals surface area contributed by atoms with E-state index in [4.69, 9.17) is 16.3 Å². The number of hydrogen-bond donors (Lipinski definition) is 3. The van der Waals surface area contributed by atoms with Gasteiger partial charge in [-0.2, -0.15) is 0 Å². The second-order valence-corrected chi connectivity index (χ2v) is 4.09. The maximum Gasteiger partial charge on any atom is 0.233 e. The highest BCUT2D eigenvalue weighted by molar-refractivity contribution is 5.45. The molecule has 0 amide bonds. The quantitative estimate of drug-likeness (QED) is 0.536. The van der Waals surface area contributed by atoms with Crippen LogP contribution in [0.1, 0.15) is 22.9 Å². The molecule has 19 heavy (non-hydrogen) atoms. The molecule has 100 valence electrons. The van der Waals surface area contributed by atoms with Crippen LogP contribution >= 0.6 is 0 Å². The summed E-state index contributed by atoms with van der Waals surface area (Å²) in [5, 5.41) is 7.98. The van der Waals surface area contributed by atoms with Gasteiger partial charge in [-0.1, -0.05) is 0 Å². The van der Waals surface area contributed by atoms with Crippen LogP contribution in [0, 0.1) is 6.92 Å². The number of hydrogen-bond acceptors (Lipinski definition) is 7. The van der Waals surface area contributed by atoms with Gasteiger partial charge >= 0.3 is 0 Å². The summed E-state index contributed by atoms with van der Waals surface area (Å²) in [4.78, 5) is 4.12. The van der Waals surface area contributed by atoms with Crippen LogP contribution in [-0.2, 0) is 0 Å². The van der Waals surface area contributed by atoms with Gasteiger partial charge in [-0.15, -0.1) is 10.2 Å². The monoisotopic (exact) mass is 260 g/mol. The zero-order valence-electron chi connectivity index (χ0n) is 10.8. The molecule has 7 nitrogen and oxygen atoms in total. The smallest absolute Gasteiger partial charge is 0.233 e.